The van der Waals surface area contributed by atoms with Crippen molar-refractivity contribution in [1.29, 1.82) is 0 Å². The molecule has 0 aliphatic carbocycles. The van der Waals surface area contributed by atoms with Crippen LogP contribution in [0.1, 0.15) is 23.8 Å². The minimum Gasteiger partial charge on any atom is -0.359 e. The average Bonchev–Trinajstić information content (AvgIpc) is 3.12. The summed E-state index contributed by atoms with van der Waals surface area (Å²) in [6.07, 6.45) is 0.768. The van der Waals surface area contributed by atoms with E-state index in [1.54, 1.807) is 12.1 Å². The molecule has 3 aromatic rings. The Kier molecular flexibility index (Phi) is 5.94. The van der Waals surface area contributed by atoms with Crippen molar-refractivity contribution in [2.45, 2.75) is 26.4 Å². The van der Waals surface area contributed by atoms with E-state index in [2.05, 4.69) is 26.0 Å². The van der Waals surface area contributed by atoms with Gasteiger partial charge in [-0.15, -0.1) is 0 Å². The maximum absolute atomic E-state index is 13.5. The van der Waals surface area contributed by atoms with Gasteiger partial charge in [-0.2, -0.15) is 0 Å². The van der Waals surface area contributed by atoms with Gasteiger partial charge in [-0.1, -0.05) is 23.4 Å². The van der Waals surface area contributed by atoms with Crippen molar-refractivity contribution in [3.63, 3.8) is 0 Å². The number of hydrogen-bond donors (Lipinski definition) is 3. The summed E-state index contributed by atoms with van der Waals surface area (Å²) < 4.78 is 18.9. The van der Waals surface area contributed by atoms with Crippen LogP contribution >= 0.6 is 0 Å². The largest absolute Gasteiger partial charge is 0.359 e. The van der Waals surface area contributed by atoms with Crippen LogP contribution in [0.2, 0.25) is 0 Å². The zero-order chi connectivity index (χ0) is 20.9. The number of urea groups is 1. The molecule has 2 heterocycles. The Bertz CT molecular complexity index is 1020. The number of benzene rings is 2. The van der Waals surface area contributed by atoms with E-state index in [-0.39, 0.29) is 11.8 Å². The van der Waals surface area contributed by atoms with Gasteiger partial charge in [0.2, 0.25) is 0 Å². The van der Waals surface area contributed by atoms with Crippen LogP contribution in [0.3, 0.4) is 0 Å². The first-order chi connectivity index (χ1) is 14.6. The third-order valence-corrected chi connectivity index (χ3v) is 4.95. The molecular formula is C22H24FN5O2. The number of hydrogen-bond acceptors (Lipinski definition) is 5. The minimum absolute atomic E-state index is 0.209. The molecule has 0 fully saturated rings. The molecule has 1 aliphatic heterocycles. The van der Waals surface area contributed by atoms with Gasteiger partial charge >= 0.3 is 6.03 Å². The van der Waals surface area contributed by atoms with Crippen LogP contribution in [0.5, 0.6) is 0 Å². The van der Waals surface area contributed by atoms with E-state index < -0.39 is 0 Å². The molecular weight excluding hydrogens is 385 g/mol. The summed E-state index contributed by atoms with van der Waals surface area (Å²) in [5, 5.41) is 12.8. The standard InChI is InChI=1S/C22H24FN5O2/c1-2-24-22(29)26-17-8-6-15(7-9-17)13-28-11-10-20-19(14-28)21(27-30-20)25-18-5-3-4-16(23)12-18/h3-9,12H,2,10-11,13-14H2,1H3,(H,25,27)(H2,24,26,29). The molecule has 0 atom stereocenters. The predicted octanol–water partition coefficient (Wildman–Crippen LogP) is 4.26. The number of anilines is 3. The first-order valence-electron chi connectivity index (χ1n) is 9.97. The van der Waals surface area contributed by atoms with Crippen LogP contribution in [-0.4, -0.2) is 29.2 Å². The van der Waals surface area contributed by atoms with Crippen molar-refractivity contribution < 1.29 is 13.7 Å². The zero-order valence-corrected chi connectivity index (χ0v) is 16.7. The summed E-state index contributed by atoms with van der Waals surface area (Å²) in [5.74, 6) is 1.19. The van der Waals surface area contributed by atoms with Gasteiger partial charge in [0.05, 0.1) is 5.56 Å². The van der Waals surface area contributed by atoms with Gasteiger partial charge in [0.25, 0.3) is 0 Å². The number of fused-ring (bicyclic) bond motifs is 1. The van der Waals surface area contributed by atoms with Gasteiger partial charge in [-0.3, -0.25) is 4.90 Å². The summed E-state index contributed by atoms with van der Waals surface area (Å²) in [6.45, 7) is 4.78. The van der Waals surface area contributed by atoms with E-state index in [1.807, 2.05) is 31.2 Å². The van der Waals surface area contributed by atoms with Crippen LogP contribution in [0.25, 0.3) is 0 Å². The van der Waals surface area contributed by atoms with E-state index in [4.69, 9.17) is 4.52 Å². The van der Waals surface area contributed by atoms with Gasteiger partial charge in [0, 0.05) is 44.0 Å². The number of nitrogens with zero attached hydrogens (tertiary/aromatic N) is 2. The number of nitrogens with one attached hydrogen (secondary N) is 3. The fourth-order valence-electron chi connectivity index (χ4n) is 3.49. The van der Waals surface area contributed by atoms with E-state index in [0.29, 0.717) is 24.6 Å². The molecule has 7 nitrogen and oxygen atoms in total. The van der Waals surface area contributed by atoms with Gasteiger partial charge in [0.15, 0.2) is 5.82 Å². The number of carbonyl (C=O) groups is 1. The molecule has 2 amide bonds. The first-order valence-corrected chi connectivity index (χ1v) is 9.97. The molecule has 0 bridgehead atoms. The minimum atomic E-state index is -0.302. The van der Waals surface area contributed by atoms with Crippen molar-refractivity contribution in [2.24, 2.45) is 0 Å². The summed E-state index contributed by atoms with van der Waals surface area (Å²) in [4.78, 5) is 13.9. The molecule has 1 aromatic heterocycles. The fourth-order valence-corrected chi connectivity index (χ4v) is 3.49. The quantitative estimate of drug-likeness (QED) is 0.567. The maximum Gasteiger partial charge on any atom is 0.319 e. The highest BCUT2D eigenvalue weighted by Gasteiger charge is 2.24. The Morgan fingerprint density at radius 3 is 2.80 bits per heavy atom. The van der Waals surface area contributed by atoms with E-state index in [1.165, 1.54) is 12.1 Å². The van der Waals surface area contributed by atoms with Crippen molar-refractivity contribution in [1.82, 2.24) is 15.4 Å². The monoisotopic (exact) mass is 409 g/mol. The lowest BCUT2D eigenvalue weighted by molar-refractivity contribution is 0.228. The molecule has 2 aromatic carbocycles. The van der Waals surface area contributed by atoms with Gasteiger partial charge in [-0.05, 0) is 42.8 Å². The third-order valence-electron chi connectivity index (χ3n) is 4.95. The van der Waals surface area contributed by atoms with Gasteiger partial charge in [-0.25, -0.2) is 9.18 Å². The molecule has 0 spiro atoms. The predicted molar refractivity (Wildman–Crippen MR) is 113 cm³/mol. The highest BCUT2D eigenvalue weighted by molar-refractivity contribution is 5.89. The first kappa shape index (κ1) is 19.9. The lowest BCUT2D eigenvalue weighted by atomic mass is 10.1. The molecule has 0 unspecified atom stereocenters. The molecule has 4 rings (SSSR count). The molecule has 3 N–H and O–H groups in total. The Hall–Kier alpha value is -3.39. The van der Waals surface area contributed by atoms with Gasteiger partial charge in [0.1, 0.15) is 11.6 Å². The second-order valence-corrected chi connectivity index (χ2v) is 7.21. The van der Waals surface area contributed by atoms with Crippen LogP contribution in [0.15, 0.2) is 53.1 Å². The fraction of sp³-hybridized carbons (Fsp3) is 0.273. The Labute approximate surface area is 174 Å². The highest BCUT2D eigenvalue weighted by atomic mass is 19.1. The van der Waals surface area contributed by atoms with Crippen molar-refractivity contribution in [2.75, 3.05) is 23.7 Å². The zero-order valence-electron chi connectivity index (χ0n) is 16.7. The maximum atomic E-state index is 13.5. The number of carbonyl (C=O) groups excluding carboxylic acids is 1. The lowest BCUT2D eigenvalue weighted by Crippen LogP contribution is -2.30. The van der Waals surface area contributed by atoms with E-state index >= 15 is 0 Å². The smallest absolute Gasteiger partial charge is 0.319 e. The van der Waals surface area contributed by atoms with Crippen LogP contribution < -0.4 is 16.0 Å². The summed E-state index contributed by atoms with van der Waals surface area (Å²) in [5.41, 5.74) is 3.54. The molecule has 1 aliphatic rings. The highest BCUT2D eigenvalue weighted by Crippen LogP contribution is 2.29. The van der Waals surface area contributed by atoms with Crippen LogP contribution in [0.4, 0.5) is 26.4 Å². The summed E-state index contributed by atoms with van der Waals surface area (Å²) in [7, 11) is 0. The number of amides is 2. The van der Waals surface area contributed by atoms with Crippen molar-refractivity contribution in [3.05, 3.63) is 71.2 Å². The molecule has 0 radical (unpaired) electrons. The number of aromatic nitrogens is 1. The van der Waals surface area contributed by atoms with E-state index in [9.17, 15) is 9.18 Å². The Balaban J connectivity index is 1.39. The SMILES string of the molecule is CCNC(=O)Nc1ccc(CN2CCc3onc(Nc4cccc(F)c4)c3C2)cc1. The Morgan fingerprint density at radius 2 is 2.03 bits per heavy atom. The molecule has 0 saturated heterocycles. The molecule has 156 valence electrons. The molecule has 30 heavy (non-hydrogen) atoms. The third kappa shape index (κ3) is 4.77. The van der Waals surface area contributed by atoms with Crippen LogP contribution in [0, 0.1) is 5.82 Å². The Morgan fingerprint density at radius 1 is 1.20 bits per heavy atom. The average molecular weight is 409 g/mol. The molecule has 8 heteroatoms. The normalized spacial score (nSPS) is 13.5. The summed E-state index contributed by atoms with van der Waals surface area (Å²) in [6, 6.07) is 13.9. The van der Waals surface area contributed by atoms with Crippen molar-refractivity contribution in [3.8, 4) is 0 Å². The van der Waals surface area contributed by atoms with Gasteiger partial charge < -0.3 is 20.5 Å². The number of rotatable bonds is 6. The van der Waals surface area contributed by atoms with Crippen molar-refractivity contribution >= 4 is 23.2 Å². The second kappa shape index (κ2) is 8.96. The van der Waals surface area contributed by atoms with E-state index in [0.717, 1.165) is 42.1 Å². The van der Waals surface area contributed by atoms with Crippen LogP contribution in [-0.2, 0) is 19.5 Å². The summed E-state index contributed by atoms with van der Waals surface area (Å²) >= 11 is 0. The second-order valence-electron chi connectivity index (χ2n) is 7.21. The molecule has 0 saturated carbocycles. The number of halogens is 1. The topological polar surface area (TPSA) is 82.4 Å². The lowest BCUT2D eigenvalue weighted by Gasteiger charge is -2.26.